The summed E-state index contributed by atoms with van der Waals surface area (Å²) in [5.74, 6) is 6.33. The first kappa shape index (κ1) is 27.6. The van der Waals surface area contributed by atoms with Gasteiger partial charge in [-0.3, -0.25) is 4.98 Å². The number of aliphatic hydroxyl groups excluding tert-OH is 1. The second kappa shape index (κ2) is 11.3. The molecule has 4 aliphatic rings. The smallest absolute Gasteiger partial charge is 0.131 e. The molecule has 0 spiro atoms. The highest BCUT2D eigenvalue weighted by molar-refractivity contribution is 8.20. The number of hydrogen-bond donors (Lipinski definition) is 1. The van der Waals surface area contributed by atoms with Crippen molar-refractivity contribution in [2.45, 2.75) is 54.8 Å². The molecular weight excluding hydrogens is 550 g/mol. The van der Waals surface area contributed by atoms with Gasteiger partial charge in [-0.05, 0) is 67.1 Å². The molecule has 38 heavy (non-hydrogen) atoms. The molecule has 0 bridgehead atoms. The van der Waals surface area contributed by atoms with Gasteiger partial charge in [0, 0.05) is 45.8 Å². The lowest BCUT2D eigenvalue weighted by Crippen LogP contribution is -2.60. The van der Waals surface area contributed by atoms with Crippen LogP contribution in [0.4, 0.5) is 4.39 Å². The van der Waals surface area contributed by atoms with Crippen molar-refractivity contribution in [2.75, 3.05) is 23.0 Å². The third-order valence-electron chi connectivity index (χ3n) is 9.81. The summed E-state index contributed by atoms with van der Waals surface area (Å²) in [5, 5.41) is 11.5. The molecule has 0 amide bonds. The van der Waals surface area contributed by atoms with E-state index in [1.807, 2.05) is 24.3 Å². The van der Waals surface area contributed by atoms with E-state index < -0.39 is 0 Å². The average molecular weight is 588 g/mol. The third kappa shape index (κ3) is 4.91. The summed E-state index contributed by atoms with van der Waals surface area (Å²) in [5.41, 5.74) is 2.45. The maximum Gasteiger partial charge on any atom is 0.131 e. The molecule has 1 aromatic carbocycles. The molecule has 4 fully saturated rings. The van der Waals surface area contributed by atoms with Gasteiger partial charge in [0.1, 0.15) is 5.82 Å². The molecule has 2 saturated heterocycles. The van der Waals surface area contributed by atoms with Crippen LogP contribution in [0, 0.1) is 34.4 Å². The van der Waals surface area contributed by atoms with Gasteiger partial charge in [-0.2, -0.15) is 0 Å². The molecule has 2 aliphatic heterocycles. The number of aliphatic hydroxyl groups is 1. The Kier molecular flexibility index (Phi) is 8.23. The number of fused-ring (bicyclic) bond motifs is 1. The molecular formula is C31H38FNOS4. The van der Waals surface area contributed by atoms with Crippen LogP contribution < -0.4 is 0 Å². The van der Waals surface area contributed by atoms with Gasteiger partial charge in [-0.15, -0.1) is 47.0 Å². The quantitative estimate of drug-likeness (QED) is 0.379. The Labute approximate surface area is 244 Å². The normalized spacial score (nSPS) is 36.6. The van der Waals surface area contributed by atoms with Gasteiger partial charge in [0.2, 0.25) is 0 Å². The Bertz CT molecular complexity index is 1150. The monoisotopic (exact) mass is 587 g/mol. The molecule has 0 radical (unpaired) electrons. The van der Waals surface area contributed by atoms with E-state index in [4.69, 9.17) is 4.98 Å². The Hall–Kier alpha value is -0.600. The van der Waals surface area contributed by atoms with E-state index in [0.717, 1.165) is 24.1 Å². The number of rotatable bonds is 5. The minimum Gasteiger partial charge on any atom is -0.392 e. The number of nitrogens with zero attached hydrogens (tertiary/aromatic N) is 1. The van der Waals surface area contributed by atoms with E-state index in [9.17, 15) is 9.50 Å². The summed E-state index contributed by atoms with van der Waals surface area (Å²) >= 11 is 8.49. The van der Waals surface area contributed by atoms with Crippen LogP contribution in [0.2, 0.25) is 0 Å². The van der Waals surface area contributed by atoms with Crippen molar-refractivity contribution in [3.8, 4) is 11.1 Å². The zero-order chi connectivity index (χ0) is 26.3. The Morgan fingerprint density at radius 3 is 2.39 bits per heavy atom. The second-order valence-electron chi connectivity index (χ2n) is 11.7. The van der Waals surface area contributed by atoms with Crippen LogP contribution in [0.1, 0.15) is 45.2 Å². The highest BCUT2D eigenvalue weighted by Gasteiger charge is 2.62. The van der Waals surface area contributed by atoms with Gasteiger partial charge >= 0.3 is 0 Å². The van der Waals surface area contributed by atoms with E-state index in [-0.39, 0.29) is 22.8 Å². The Morgan fingerprint density at radius 1 is 0.947 bits per heavy atom. The van der Waals surface area contributed by atoms with Gasteiger partial charge < -0.3 is 5.11 Å². The van der Waals surface area contributed by atoms with Gasteiger partial charge in [0.05, 0.1) is 21.0 Å². The summed E-state index contributed by atoms with van der Waals surface area (Å²) in [7, 11) is 0. The van der Waals surface area contributed by atoms with Crippen LogP contribution in [-0.2, 0) is 0 Å². The molecule has 1 N–H and O–H groups in total. The summed E-state index contributed by atoms with van der Waals surface area (Å²) < 4.78 is 15.4. The first-order chi connectivity index (χ1) is 18.4. The van der Waals surface area contributed by atoms with E-state index in [0.29, 0.717) is 32.5 Å². The van der Waals surface area contributed by atoms with Crippen LogP contribution in [-0.4, -0.2) is 48.4 Å². The minimum absolute atomic E-state index is 0.0501. The molecule has 6 rings (SSSR count). The molecule has 2 aliphatic carbocycles. The minimum atomic E-state index is -0.215. The number of thioether (sulfide) groups is 4. The van der Waals surface area contributed by atoms with E-state index >= 15 is 0 Å². The summed E-state index contributed by atoms with van der Waals surface area (Å²) in [4.78, 5) is 4.72. The first-order valence-corrected chi connectivity index (χ1v) is 18.1. The van der Waals surface area contributed by atoms with Crippen molar-refractivity contribution in [1.29, 1.82) is 0 Å². The molecule has 3 heterocycles. The van der Waals surface area contributed by atoms with Crippen LogP contribution in [0.5, 0.6) is 0 Å². The lowest BCUT2D eigenvalue weighted by atomic mass is 9.45. The van der Waals surface area contributed by atoms with Crippen molar-refractivity contribution >= 4 is 53.1 Å². The van der Waals surface area contributed by atoms with Crippen LogP contribution >= 0.6 is 47.0 Å². The summed E-state index contributed by atoms with van der Waals surface area (Å²) in [6.07, 6.45) is 10.7. The number of aromatic nitrogens is 1. The number of pyridine rings is 1. The van der Waals surface area contributed by atoms with Gasteiger partial charge in [0.25, 0.3) is 0 Å². The highest BCUT2D eigenvalue weighted by Crippen LogP contribution is 2.67. The maximum absolute atomic E-state index is 14.3. The number of hydrogen-bond acceptors (Lipinski definition) is 6. The molecule has 6 atom stereocenters. The fraction of sp³-hybridized carbons (Fsp3) is 0.581. The van der Waals surface area contributed by atoms with Crippen LogP contribution in [0.3, 0.4) is 0 Å². The molecule has 2 saturated carbocycles. The maximum atomic E-state index is 14.3. The topological polar surface area (TPSA) is 33.1 Å². The average Bonchev–Trinajstić information content (AvgIpc) is 3.66. The lowest BCUT2D eigenvalue weighted by Gasteiger charge is -2.62. The summed E-state index contributed by atoms with van der Waals surface area (Å²) in [6, 6.07) is 10.9. The molecule has 204 valence electrons. The fourth-order valence-electron chi connectivity index (χ4n) is 7.83. The standard InChI is InChI=1S/C31H38FNOS4/c1-30-14-13-27(34)31(2,29-37-17-18-38-29)26(30)12-10-23(28-35-15-16-36-28)24(30)11-9-21-8-7-20(19-33-21)22-5-3-4-6-25(22)32/h3-9,11,19,23-24,26-29,34H,10,12-18H2,1-2H3/b11-9+/t23-,24+,26-,27+,30-,31-/m0/s1. The zero-order valence-electron chi connectivity index (χ0n) is 22.2. The SMILES string of the molecule is C[C@@]12CC[C@@H](O)[C@@](C)(C3SCCS3)[C@H]1CC[C@H](C1SCCS1)[C@H]2/C=C/c1ccc(-c2ccccc2F)cn1. The largest absolute Gasteiger partial charge is 0.392 e. The zero-order valence-corrected chi connectivity index (χ0v) is 25.5. The number of allylic oxidation sites excluding steroid dienone is 1. The molecule has 2 aromatic rings. The van der Waals surface area contributed by atoms with Gasteiger partial charge in [-0.1, -0.05) is 44.2 Å². The molecule has 1 aromatic heterocycles. The highest BCUT2D eigenvalue weighted by atomic mass is 32.2. The fourth-order valence-corrected chi connectivity index (χ4v) is 14.7. The third-order valence-corrected chi connectivity index (χ3v) is 16.7. The van der Waals surface area contributed by atoms with E-state index in [1.165, 1.54) is 41.9 Å². The second-order valence-corrected chi connectivity index (χ2v) is 17.3. The summed E-state index contributed by atoms with van der Waals surface area (Å²) in [6.45, 7) is 4.96. The van der Waals surface area contributed by atoms with Crippen molar-refractivity contribution in [3.63, 3.8) is 0 Å². The lowest BCUT2D eigenvalue weighted by molar-refractivity contribution is -0.139. The van der Waals surface area contributed by atoms with E-state index in [2.05, 4.69) is 73.0 Å². The number of benzene rings is 1. The predicted molar refractivity (Wildman–Crippen MR) is 167 cm³/mol. The van der Waals surface area contributed by atoms with Gasteiger partial charge in [-0.25, -0.2) is 4.39 Å². The number of halogens is 1. The van der Waals surface area contributed by atoms with Crippen molar-refractivity contribution in [1.82, 2.24) is 4.98 Å². The van der Waals surface area contributed by atoms with Crippen LogP contribution in [0.25, 0.3) is 17.2 Å². The Morgan fingerprint density at radius 2 is 1.68 bits per heavy atom. The van der Waals surface area contributed by atoms with Crippen molar-refractivity contribution in [2.24, 2.45) is 28.6 Å². The molecule has 2 nitrogen and oxygen atoms in total. The van der Waals surface area contributed by atoms with E-state index in [1.54, 1.807) is 12.3 Å². The molecule has 0 unspecified atom stereocenters. The predicted octanol–water partition coefficient (Wildman–Crippen LogP) is 8.32. The first-order valence-electron chi connectivity index (χ1n) is 13.9. The van der Waals surface area contributed by atoms with Crippen molar-refractivity contribution in [3.05, 3.63) is 60.2 Å². The molecule has 7 heteroatoms. The van der Waals surface area contributed by atoms with Gasteiger partial charge in [0.15, 0.2) is 0 Å². The van der Waals surface area contributed by atoms with Crippen molar-refractivity contribution < 1.29 is 9.50 Å². The Balaban J connectivity index is 1.32. The van der Waals surface area contributed by atoms with Crippen LogP contribution in [0.15, 0.2) is 48.7 Å².